The molecule has 0 aromatic heterocycles. The Labute approximate surface area is 166 Å². The molecule has 0 spiro atoms. The fourth-order valence-corrected chi connectivity index (χ4v) is 2.71. The van der Waals surface area contributed by atoms with Crippen LogP contribution in [0, 0.1) is 11.3 Å². The van der Waals surface area contributed by atoms with E-state index in [1.807, 2.05) is 6.07 Å². The van der Waals surface area contributed by atoms with Gasteiger partial charge in [0.2, 0.25) is 5.43 Å². The van der Waals surface area contributed by atoms with Crippen molar-refractivity contribution in [3.05, 3.63) is 69.9 Å². The second kappa shape index (κ2) is 11.6. The Morgan fingerprint density at radius 3 is 2.36 bits per heavy atom. The number of hydrogen-bond donors (Lipinski definition) is 1. The predicted octanol–water partition coefficient (Wildman–Crippen LogP) is 4.91. The van der Waals surface area contributed by atoms with Gasteiger partial charge in [0.15, 0.2) is 0 Å². The van der Waals surface area contributed by atoms with Crippen LogP contribution in [0.3, 0.4) is 0 Å². The number of nitriles is 1. The van der Waals surface area contributed by atoms with Crippen molar-refractivity contribution >= 4 is 11.6 Å². The average Bonchev–Trinajstić information content (AvgIpc) is 2.89. The van der Waals surface area contributed by atoms with E-state index in [0.29, 0.717) is 17.7 Å². The van der Waals surface area contributed by atoms with E-state index in [1.54, 1.807) is 24.3 Å². The topological polar surface area (TPSA) is 79.2 Å². The summed E-state index contributed by atoms with van der Waals surface area (Å²) < 4.78 is 5.71. The number of hydrogen-bond acceptors (Lipinski definition) is 4. The maximum absolute atomic E-state index is 12.4. The number of nitrogens with one attached hydrogen (secondary N) is 1. The summed E-state index contributed by atoms with van der Waals surface area (Å²) in [4.78, 5) is 24.4. The minimum Gasteiger partial charge on any atom is -0.494 e. The van der Waals surface area contributed by atoms with Gasteiger partial charge < -0.3 is 10.1 Å². The first-order valence-electron chi connectivity index (χ1n) is 9.72. The first kappa shape index (κ1) is 21.2. The van der Waals surface area contributed by atoms with E-state index in [9.17, 15) is 9.59 Å². The molecule has 1 N–H and O–H groups in total. The van der Waals surface area contributed by atoms with E-state index >= 15 is 0 Å². The molecule has 28 heavy (non-hydrogen) atoms. The zero-order valence-electron chi connectivity index (χ0n) is 16.2. The number of carbonyl (C=O) groups is 1. The maximum Gasteiger partial charge on any atom is 0.255 e. The fourth-order valence-electron chi connectivity index (χ4n) is 2.71. The Balaban J connectivity index is 1.86. The molecule has 2 aromatic carbocycles. The highest BCUT2D eigenvalue weighted by Crippen LogP contribution is 2.14. The number of carbonyl (C=O) groups excluding carboxylic acids is 1. The van der Waals surface area contributed by atoms with Crippen LogP contribution in [-0.4, -0.2) is 12.5 Å². The van der Waals surface area contributed by atoms with Crippen LogP contribution in [0.2, 0.25) is 0 Å². The molecule has 0 fully saturated rings. The van der Waals surface area contributed by atoms with Crippen LogP contribution in [-0.2, 0) is 0 Å². The number of nitrogens with zero attached hydrogens (tertiary/aromatic N) is 1. The van der Waals surface area contributed by atoms with Gasteiger partial charge in [0, 0.05) is 5.56 Å². The van der Waals surface area contributed by atoms with Crippen LogP contribution in [0.4, 0.5) is 5.69 Å². The number of rotatable bonds is 10. The number of amides is 1. The van der Waals surface area contributed by atoms with Crippen molar-refractivity contribution in [1.29, 1.82) is 5.26 Å². The molecule has 0 saturated carbocycles. The minimum atomic E-state index is -0.385. The molecule has 5 nitrogen and oxygen atoms in total. The number of ether oxygens (including phenoxy) is 1. The van der Waals surface area contributed by atoms with Gasteiger partial charge >= 0.3 is 0 Å². The Kier molecular flexibility index (Phi) is 8.74. The van der Waals surface area contributed by atoms with Crippen LogP contribution in [0.15, 0.2) is 53.3 Å². The molecule has 0 unspecified atom stereocenters. The van der Waals surface area contributed by atoms with Gasteiger partial charge in [-0.3, -0.25) is 9.59 Å². The van der Waals surface area contributed by atoms with Gasteiger partial charge in [-0.05, 0) is 55.0 Å². The van der Waals surface area contributed by atoms with Gasteiger partial charge in [0.1, 0.15) is 5.75 Å². The van der Waals surface area contributed by atoms with Gasteiger partial charge in [0.25, 0.3) is 5.91 Å². The second-order valence-electron chi connectivity index (χ2n) is 6.61. The van der Waals surface area contributed by atoms with Crippen LogP contribution >= 0.6 is 0 Å². The standard InChI is InChI=1S/C23H26N2O3/c1-2-3-4-5-6-7-16-28-20-12-10-19(11-13-20)23(27)25-21-14-8-18(17-24)9-15-22(21)26/h8-15H,2-7,16H2,1H3,(H,25,26,27). The van der Waals surface area contributed by atoms with Gasteiger partial charge in [-0.1, -0.05) is 39.0 Å². The van der Waals surface area contributed by atoms with Gasteiger partial charge in [0.05, 0.1) is 23.9 Å². The molecule has 0 bridgehead atoms. The van der Waals surface area contributed by atoms with E-state index in [0.717, 1.165) is 12.2 Å². The lowest BCUT2D eigenvalue weighted by atomic mass is 10.1. The highest BCUT2D eigenvalue weighted by atomic mass is 16.5. The van der Waals surface area contributed by atoms with Crippen LogP contribution < -0.4 is 15.5 Å². The summed E-state index contributed by atoms with van der Waals surface area (Å²) in [6.07, 6.45) is 7.25. The summed E-state index contributed by atoms with van der Waals surface area (Å²) in [5.41, 5.74) is 0.562. The molecule has 0 aliphatic rings. The number of anilines is 1. The summed E-state index contributed by atoms with van der Waals surface area (Å²) in [6.45, 7) is 2.87. The molecule has 0 atom stereocenters. The van der Waals surface area contributed by atoms with E-state index in [2.05, 4.69) is 12.2 Å². The summed E-state index contributed by atoms with van der Waals surface area (Å²) in [7, 11) is 0. The first-order valence-corrected chi connectivity index (χ1v) is 9.72. The number of benzene rings is 1. The van der Waals surface area contributed by atoms with E-state index < -0.39 is 0 Å². The SMILES string of the molecule is CCCCCCCCOc1ccc(C(=O)Nc2ccc(C#N)ccc2=O)cc1. The zero-order chi connectivity index (χ0) is 20.2. The smallest absolute Gasteiger partial charge is 0.255 e. The third-order valence-electron chi connectivity index (χ3n) is 4.37. The van der Waals surface area contributed by atoms with E-state index in [1.165, 1.54) is 56.4 Å². The summed E-state index contributed by atoms with van der Waals surface area (Å²) in [5.74, 6) is 0.337. The molecule has 0 heterocycles. The van der Waals surface area contributed by atoms with Crippen molar-refractivity contribution in [2.75, 3.05) is 11.9 Å². The molecule has 2 rings (SSSR count). The fraction of sp³-hybridized carbons (Fsp3) is 0.348. The maximum atomic E-state index is 12.4. The highest BCUT2D eigenvalue weighted by Gasteiger charge is 2.08. The lowest BCUT2D eigenvalue weighted by Gasteiger charge is -2.07. The zero-order valence-corrected chi connectivity index (χ0v) is 16.2. The van der Waals surface area contributed by atoms with Crippen LogP contribution in [0.5, 0.6) is 5.75 Å². The molecular weight excluding hydrogens is 352 g/mol. The van der Waals surface area contributed by atoms with Gasteiger partial charge in [-0.2, -0.15) is 5.26 Å². The van der Waals surface area contributed by atoms with Crippen molar-refractivity contribution < 1.29 is 9.53 Å². The molecular formula is C23H26N2O3. The quantitative estimate of drug-likeness (QED) is 0.596. The van der Waals surface area contributed by atoms with Crippen molar-refractivity contribution in [1.82, 2.24) is 0 Å². The van der Waals surface area contributed by atoms with Crippen molar-refractivity contribution in [2.24, 2.45) is 0 Å². The Hall–Kier alpha value is -3.13. The summed E-state index contributed by atoms with van der Waals surface area (Å²) in [6, 6.07) is 14.4. The van der Waals surface area contributed by atoms with Gasteiger partial charge in [-0.15, -0.1) is 0 Å². The number of unbranched alkanes of at least 4 members (excludes halogenated alkanes) is 5. The highest BCUT2D eigenvalue weighted by molar-refractivity contribution is 6.04. The lowest BCUT2D eigenvalue weighted by molar-refractivity contribution is 0.102. The lowest BCUT2D eigenvalue weighted by Crippen LogP contribution is -2.16. The van der Waals surface area contributed by atoms with Crippen LogP contribution in [0.25, 0.3) is 0 Å². The molecule has 0 aliphatic heterocycles. The van der Waals surface area contributed by atoms with Gasteiger partial charge in [-0.25, -0.2) is 0 Å². The monoisotopic (exact) mass is 378 g/mol. The average molecular weight is 378 g/mol. The molecule has 5 heteroatoms. The molecule has 1 amide bonds. The largest absolute Gasteiger partial charge is 0.494 e. The van der Waals surface area contributed by atoms with Crippen molar-refractivity contribution in [2.45, 2.75) is 45.4 Å². The minimum absolute atomic E-state index is 0.134. The Morgan fingerprint density at radius 2 is 1.64 bits per heavy atom. The van der Waals surface area contributed by atoms with E-state index in [4.69, 9.17) is 10.00 Å². The predicted molar refractivity (Wildman–Crippen MR) is 111 cm³/mol. The molecule has 0 aliphatic carbocycles. The van der Waals surface area contributed by atoms with E-state index in [-0.39, 0.29) is 17.0 Å². The Bertz CT molecular complexity index is 870. The second-order valence-corrected chi connectivity index (χ2v) is 6.61. The first-order chi connectivity index (χ1) is 13.6. The summed E-state index contributed by atoms with van der Waals surface area (Å²) >= 11 is 0. The van der Waals surface area contributed by atoms with Crippen LogP contribution in [0.1, 0.15) is 61.4 Å². The third-order valence-corrected chi connectivity index (χ3v) is 4.37. The van der Waals surface area contributed by atoms with Crippen molar-refractivity contribution in [3.8, 4) is 11.8 Å². The molecule has 2 aromatic rings. The molecule has 0 radical (unpaired) electrons. The molecule has 146 valence electrons. The third kappa shape index (κ3) is 6.88. The summed E-state index contributed by atoms with van der Waals surface area (Å²) in [5, 5.41) is 11.5. The molecule has 0 saturated heterocycles. The van der Waals surface area contributed by atoms with Crippen molar-refractivity contribution in [3.63, 3.8) is 0 Å². The normalized spacial score (nSPS) is 10.1. The Morgan fingerprint density at radius 1 is 0.964 bits per heavy atom.